The number of rotatable bonds is 4. The molecule has 0 bridgehead atoms. The molecule has 0 spiro atoms. The second-order valence-corrected chi connectivity index (χ2v) is 5.57. The van der Waals surface area contributed by atoms with E-state index in [-0.39, 0.29) is 5.91 Å². The molecule has 4 heteroatoms. The van der Waals surface area contributed by atoms with E-state index < -0.39 is 5.60 Å². The molecule has 92 valence electrons. The molecule has 1 aromatic carbocycles. The fraction of sp³-hybridized carbons (Fsp3) is 0.462. The maximum Gasteiger partial charge on any atom is 0.224 e. The molecule has 0 aromatic heterocycles. The van der Waals surface area contributed by atoms with Gasteiger partial charge in [0.1, 0.15) is 0 Å². The summed E-state index contributed by atoms with van der Waals surface area (Å²) in [5, 5.41) is 12.6. The molecule has 1 aliphatic carbocycles. The number of carbonyl (C=O) groups is 1. The van der Waals surface area contributed by atoms with E-state index in [9.17, 15) is 9.90 Å². The Hall–Kier alpha value is -0.870. The third-order valence-corrected chi connectivity index (χ3v) is 3.71. The second-order valence-electron chi connectivity index (χ2n) is 4.66. The van der Waals surface area contributed by atoms with E-state index in [2.05, 4.69) is 21.2 Å². The van der Waals surface area contributed by atoms with Crippen LogP contribution in [0.2, 0.25) is 0 Å². The smallest absolute Gasteiger partial charge is 0.224 e. The van der Waals surface area contributed by atoms with Crippen LogP contribution in [-0.4, -0.2) is 23.2 Å². The van der Waals surface area contributed by atoms with E-state index >= 15 is 0 Å². The Morgan fingerprint density at radius 2 is 2.00 bits per heavy atom. The van der Waals surface area contributed by atoms with Gasteiger partial charge >= 0.3 is 0 Å². The van der Waals surface area contributed by atoms with Crippen molar-refractivity contribution < 1.29 is 9.90 Å². The first kappa shape index (κ1) is 12.6. The fourth-order valence-corrected chi connectivity index (χ4v) is 2.14. The topological polar surface area (TPSA) is 49.3 Å². The zero-order chi connectivity index (χ0) is 12.3. The summed E-state index contributed by atoms with van der Waals surface area (Å²) < 4.78 is 1.01. The minimum absolute atomic E-state index is 0.0346. The Labute approximate surface area is 109 Å². The molecule has 0 aliphatic heterocycles. The maximum atomic E-state index is 11.7. The Morgan fingerprint density at radius 3 is 2.53 bits per heavy atom. The number of benzene rings is 1. The van der Waals surface area contributed by atoms with Gasteiger partial charge in [-0.2, -0.15) is 0 Å². The molecule has 0 unspecified atom stereocenters. The SMILES string of the molecule is O=C(Cc1ccc(Br)cc1)NCC1(O)CCC1. The molecular formula is C13H16BrNO2. The van der Waals surface area contributed by atoms with Gasteiger partial charge in [-0.05, 0) is 37.0 Å². The van der Waals surface area contributed by atoms with Gasteiger partial charge in [0.25, 0.3) is 0 Å². The molecule has 0 saturated heterocycles. The van der Waals surface area contributed by atoms with Crippen LogP contribution in [0.25, 0.3) is 0 Å². The highest BCUT2D eigenvalue weighted by atomic mass is 79.9. The van der Waals surface area contributed by atoms with E-state index in [0.29, 0.717) is 13.0 Å². The van der Waals surface area contributed by atoms with Crippen molar-refractivity contribution in [1.82, 2.24) is 5.32 Å². The number of carbonyl (C=O) groups excluding carboxylic acids is 1. The molecule has 3 nitrogen and oxygen atoms in total. The molecule has 2 N–H and O–H groups in total. The second kappa shape index (κ2) is 5.19. The third-order valence-electron chi connectivity index (χ3n) is 3.18. The maximum absolute atomic E-state index is 11.7. The molecule has 1 aromatic rings. The van der Waals surface area contributed by atoms with Crippen LogP contribution >= 0.6 is 15.9 Å². The molecule has 1 saturated carbocycles. The molecule has 2 rings (SSSR count). The highest BCUT2D eigenvalue weighted by Gasteiger charge is 2.34. The highest BCUT2D eigenvalue weighted by molar-refractivity contribution is 9.10. The molecule has 1 amide bonds. The Kier molecular flexibility index (Phi) is 3.84. The molecule has 0 heterocycles. The van der Waals surface area contributed by atoms with Crippen LogP contribution in [-0.2, 0) is 11.2 Å². The van der Waals surface area contributed by atoms with Crippen molar-refractivity contribution in [1.29, 1.82) is 0 Å². The van der Waals surface area contributed by atoms with Gasteiger partial charge < -0.3 is 10.4 Å². The summed E-state index contributed by atoms with van der Waals surface area (Å²) >= 11 is 3.35. The summed E-state index contributed by atoms with van der Waals surface area (Å²) in [4.78, 5) is 11.7. The van der Waals surface area contributed by atoms with Gasteiger partial charge in [-0.15, -0.1) is 0 Å². The summed E-state index contributed by atoms with van der Waals surface area (Å²) in [6, 6.07) is 7.67. The predicted molar refractivity (Wildman–Crippen MR) is 69.7 cm³/mol. The standard InChI is InChI=1S/C13H16BrNO2/c14-11-4-2-10(3-5-11)8-12(16)15-9-13(17)6-1-7-13/h2-5,17H,1,6-9H2,(H,15,16). The fourth-order valence-electron chi connectivity index (χ4n) is 1.87. The first-order valence-corrected chi connectivity index (χ1v) is 6.60. The van der Waals surface area contributed by atoms with Gasteiger partial charge in [0, 0.05) is 11.0 Å². The van der Waals surface area contributed by atoms with E-state index in [1.54, 1.807) is 0 Å². The van der Waals surface area contributed by atoms with Crippen LogP contribution < -0.4 is 5.32 Å². The molecule has 17 heavy (non-hydrogen) atoms. The summed E-state index contributed by atoms with van der Waals surface area (Å²) in [7, 11) is 0. The van der Waals surface area contributed by atoms with Crippen LogP contribution in [0.15, 0.2) is 28.7 Å². The van der Waals surface area contributed by atoms with Crippen molar-refractivity contribution >= 4 is 21.8 Å². The van der Waals surface area contributed by atoms with Crippen molar-refractivity contribution in [2.75, 3.05) is 6.54 Å². The Bertz CT molecular complexity index is 398. The van der Waals surface area contributed by atoms with Gasteiger partial charge in [0.15, 0.2) is 0 Å². The van der Waals surface area contributed by atoms with Crippen LogP contribution in [0, 0.1) is 0 Å². The van der Waals surface area contributed by atoms with Gasteiger partial charge in [-0.25, -0.2) is 0 Å². The van der Waals surface area contributed by atoms with Crippen molar-refractivity contribution in [3.8, 4) is 0 Å². The zero-order valence-corrected chi connectivity index (χ0v) is 11.2. The predicted octanol–water partition coefficient (Wildman–Crippen LogP) is 2.02. The average Bonchev–Trinajstić information content (AvgIpc) is 2.27. The molecule has 0 radical (unpaired) electrons. The van der Waals surface area contributed by atoms with Gasteiger partial charge in [0.05, 0.1) is 12.0 Å². The largest absolute Gasteiger partial charge is 0.388 e. The van der Waals surface area contributed by atoms with Gasteiger partial charge in [-0.1, -0.05) is 28.1 Å². The minimum atomic E-state index is -0.643. The van der Waals surface area contributed by atoms with E-state index in [1.165, 1.54) is 0 Å². The van der Waals surface area contributed by atoms with Crippen molar-refractivity contribution in [3.05, 3.63) is 34.3 Å². The van der Waals surface area contributed by atoms with Crippen molar-refractivity contribution in [2.24, 2.45) is 0 Å². The van der Waals surface area contributed by atoms with Crippen LogP contribution in [0.3, 0.4) is 0 Å². The summed E-state index contributed by atoms with van der Waals surface area (Å²) in [5.41, 5.74) is 0.335. The lowest BCUT2D eigenvalue weighted by molar-refractivity contribution is -0.122. The molecule has 0 atom stereocenters. The average molecular weight is 298 g/mol. The van der Waals surface area contributed by atoms with Crippen LogP contribution in [0.5, 0.6) is 0 Å². The zero-order valence-electron chi connectivity index (χ0n) is 9.58. The monoisotopic (exact) mass is 297 g/mol. The number of nitrogens with one attached hydrogen (secondary N) is 1. The van der Waals surface area contributed by atoms with Crippen molar-refractivity contribution in [3.63, 3.8) is 0 Å². The van der Waals surface area contributed by atoms with E-state index in [4.69, 9.17) is 0 Å². The molecular weight excluding hydrogens is 282 g/mol. The van der Waals surface area contributed by atoms with Crippen LogP contribution in [0.4, 0.5) is 0 Å². The third kappa shape index (κ3) is 3.54. The quantitative estimate of drug-likeness (QED) is 0.893. The molecule has 1 aliphatic rings. The Morgan fingerprint density at radius 1 is 1.35 bits per heavy atom. The first-order valence-electron chi connectivity index (χ1n) is 5.81. The highest BCUT2D eigenvalue weighted by Crippen LogP contribution is 2.30. The van der Waals surface area contributed by atoms with Crippen LogP contribution in [0.1, 0.15) is 24.8 Å². The van der Waals surface area contributed by atoms with Gasteiger partial charge in [0.2, 0.25) is 5.91 Å². The van der Waals surface area contributed by atoms with E-state index in [1.807, 2.05) is 24.3 Å². The lowest BCUT2D eigenvalue weighted by Crippen LogP contribution is -2.48. The normalized spacial score (nSPS) is 17.3. The number of hydrogen-bond donors (Lipinski definition) is 2. The number of hydrogen-bond acceptors (Lipinski definition) is 2. The molecule has 1 fully saturated rings. The van der Waals surface area contributed by atoms with Crippen molar-refractivity contribution in [2.45, 2.75) is 31.3 Å². The lowest BCUT2D eigenvalue weighted by Gasteiger charge is -2.36. The first-order chi connectivity index (χ1) is 8.07. The minimum Gasteiger partial charge on any atom is -0.388 e. The lowest BCUT2D eigenvalue weighted by atomic mass is 9.80. The van der Waals surface area contributed by atoms with Gasteiger partial charge in [-0.3, -0.25) is 4.79 Å². The number of halogens is 1. The summed E-state index contributed by atoms with van der Waals surface area (Å²) in [5.74, 6) is -0.0346. The number of aliphatic hydroxyl groups is 1. The van der Waals surface area contributed by atoms with E-state index in [0.717, 1.165) is 29.3 Å². The summed E-state index contributed by atoms with van der Waals surface area (Å²) in [6.07, 6.45) is 3.01. The number of amides is 1. The summed E-state index contributed by atoms with van der Waals surface area (Å²) in [6.45, 7) is 0.377. The Balaban J connectivity index is 1.79.